The van der Waals surface area contributed by atoms with Gasteiger partial charge in [-0.05, 0) is 32.9 Å². The number of hydrogen-bond acceptors (Lipinski definition) is 4. The molecule has 0 saturated carbocycles. The molecule has 1 aliphatic rings. The molecule has 0 radical (unpaired) electrons. The van der Waals surface area contributed by atoms with E-state index in [0.717, 1.165) is 0 Å². The van der Waals surface area contributed by atoms with Crippen molar-refractivity contribution in [1.29, 1.82) is 0 Å². The highest BCUT2D eigenvalue weighted by Gasteiger charge is 2.34. The van der Waals surface area contributed by atoms with Gasteiger partial charge in [0.2, 0.25) is 5.91 Å². The number of rotatable bonds is 1. The van der Waals surface area contributed by atoms with Gasteiger partial charge < -0.3 is 15.0 Å². The van der Waals surface area contributed by atoms with E-state index in [1.165, 1.54) is 4.90 Å². The highest BCUT2D eigenvalue weighted by molar-refractivity contribution is 6.12. The molecule has 1 aromatic rings. The van der Waals surface area contributed by atoms with Crippen molar-refractivity contribution in [2.45, 2.75) is 38.8 Å². The molecule has 0 bridgehead atoms. The van der Waals surface area contributed by atoms with Crippen LogP contribution in [0.25, 0.3) is 0 Å². The number of carbonyl (C=O) groups is 3. The molecule has 1 atom stereocenters. The summed E-state index contributed by atoms with van der Waals surface area (Å²) in [5, 5.41) is 2.49. The standard InChI is InChI=1S/C16H20N2O4/c1-16(2,3)22-15(21)17-11-9-13(19)10-7-5-6-8-12(10)18(4)14(11)20/h5-8,11H,9H2,1-4H3,(H,17,21)/t11-/m0/s1. The molecule has 2 rings (SSSR count). The van der Waals surface area contributed by atoms with Crippen LogP contribution in [0.4, 0.5) is 10.5 Å². The molecule has 118 valence electrons. The molecule has 0 fully saturated rings. The van der Waals surface area contributed by atoms with Gasteiger partial charge in [-0.1, -0.05) is 12.1 Å². The van der Waals surface area contributed by atoms with E-state index in [1.807, 2.05) is 0 Å². The number of ether oxygens (including phenoxy) is 1. The fourth-order valence-corrected chi connectivity index (χ4v) is 2.30. The first-order valence-corrected chi connectivity index (χ1v) is 7.08. The van der Waals surface area contributed by atoms with Crippen molar-refractivity contribution in [3.8, 4) is 0 Å². The van der Waals surface area contributed by atoms with Gasteiger partial charge in [0.05, 0.1) is 5.69 Å². The van der Waals surface area contributed by atoms with Gasteiger partial charge in [-0.25, -0.2) is 4.79 Å². The molecule has 22 heavy (non-hydrogen) atoms. The van der Waals surface area contributed by atoms with E-state index in [0.29, 0.717) is 11.3 Å². The van der Waals surface area contributed by atoms with Crippen LogP contribution >= 0.6 is 0 Å². The Morgan fingerprint density at radius 2 is 1.91 bits per heavy atom. The molecule has 1 heterocycles. The average molecular weight is 304 g/mol. The molecule has 0 spiro atoms. The van der Waals surface area contributed by atoms with Gasteiger partial charge in [-0.3, -0.25) is 9.59 Å². The number of hydrogen-bond donors (Lipinski definition) is 1. The smallest absolute Gasteiger partial charge is 0.408 e. The fourth-order valence-electron chi connectivity index (χ4n) is 2.30. The Hall–Kier alpha value is -2.37. The van der Waals surface area contributed by atoms with Gasteiger partial charge in [-0.2, -0.15) is 0 Å². The van der Waals surface area contributed by atoms with Crippen molar-refractivity contribution >= 4 is 23.5 Å². The number of alkyl carbamates (subject to hydrolysis) is 1. The molecule has 2 amide bonds. The quantitative estimate of drug-likeness (QED) is 0.862. The second-order valence-corrected chi connectivity index (χ2v) is 6.24. The predicted molar refractivity (Wildman–Crippen MR) is 82.0 cm³/mol. The number of Topliss-reactive ketones (excluding diaryl/α,β-unsaturated/α-hetero) is 1. The molecule has 0 aromatic heterocycles. The molecule has 0 saturated heterocycles. The summed E-state index contributed by atoms with van der Waals surface area (Å²) < 4.78 is 5.15. The highest BCUT2D eigenvalue weighted by atomic mass is 16.6. The molecule has 1 aromatic carbocycles. The molecule has 1 aliphatic heterocycles. The number of carbonyl (C=O) groups excluding carboxylic acids is 3. The van der Waals surface area contributed by atoms with E-state index in [1.54, 1.807) is 52.1 Å². The van der Waals surface area contributed by atoms with E-state index < -0.39 is 17.7 Å². The number of ketones is 1. The summed E-state index contributed by atoms with van der Waals surface area (Å²) in [6.45, 7) is 5.19. The Morgan fingerprint density at radius 1 is 1.27 bits per heavy atom. The van der Waals surface area contributed by atoms with Gasteiger partial charge in [0.15, 0.2) is 5.78 Å². The van der Waals surface area contributed by atoms with Crippen LogP contribution in [0.15, 0.2) is 24.3 Å². The summed E-state index contributed by atoms with van der Waals surface area (Å²) in [4.78, 5) is 38.0. The lowest BCUT2D eigenvalue weighted by atomic mass is 10.0. The summed E-state index contributed by atoms with van der Waals surface area (Å²) in [7, 11) is 1.59. The van der Waals surface area contributed by atoms with E-state index >= 15 is 0 Å². The monoisotopic (exact) mass is 304 g/mol. The van der Waals surface area contributed by atoms with E-state index in [4.69, 9.17) is 4.74 Å². The Balaban J connectivity index is 2.21. The summed E-state index contributed by atoms with van der Waals surface area (Å²) in [5.74, 6) is -0.529. The summed E-state index contributed by atoms with van der Waals surface area (Å²) in [6, 6.07) is 5.96. The highest BCUT2D eigenvalue weighted by Crippen LogP contribution is 2.25. The zero-order valence-electron chi connectivity index (χ0n) is 13.2. The Morgan fingerprint density at radius 3 is 2.55 bits per heavy atom. The maximum Gasteiger partial charge on any atom is 0.408 e. The number of anilines is 1. The van der Waals surface area contributed by atoms with Crippen molar-refractivity contribution in [1.82, 2.24) is 5.32 Å². The lowest BCUT2D eigenvalue weighted by Gasteiger charge is -2.24. The van der Waals surface area contributed by atoms with Crippen molar-refractivity contribution in [3.05, 3.63) is 29.8 Å². The minimum absolute atomic E-state index is 0.0839. The second kappa shape index (κ2) is 5.79. The lowest BCUT2D eigenvalue weighted by Crippen LogP contribution is -2.48. The van der Waals surface area contributed by atoms with Crippen LogP contribution < -0.4 is 10.2 Å². The van der Waals surface area contributed by atoms with Crippen molar-refractivity contribution in [2.24, 2.45) is 0 Å². The summed E-state index contributed by atoms with van der Waals surface area (Å²) >= 11 is 0. The third-order valence-electron chi connectivity index (χ3n) is 3.27. The fraction of sp³-hybridized carbons (Fsp3) is 0.438. The Bertz CT molecular complexity index is 619. The largest absolute Gasteiger partial charge is 0.444 e. The number of likely N-dealkylation sites (N-methyl/N-ethyl adjacent to an activating group) is 1. The predicted octanol–water partition coefficient (Wildman–Crippen LogP) is 2.13. The number of fused-ring (bicyclic) bond motifs is 1. The maximum absolute atomic E-state index is 12.5. The van der Waals surface area contributed by atoms with Crippen LogP contribution in [0.1, 0.15) is 37.6 Å². The van der Waals surface area contributed by atoms with Gasteiger partial charge in [0.25, 0.3) is 0 Å². The van der Waals surface area contributed by atoms with Gasteiger partial charge >= 0.3 is 6.09 Å². The third-order valence-corrected chi connectivity index (χ3v) is 3.27. The van der Waals surface area contributed by atoms with Crippen LogP contribution in [-0.2, 0) is 9.53 Å². The van der Waals surface area contributed by atoms with Gasteiger partial charge in [0.1, 0.15) is 11.6 Å². The van der Waals surface area contributed by atoms with Crippen LogP contribution in [0.3, 0.4) is 0 Å². The normalized spacial score (nSPS) is 18.5. The number of amides is 2. The number of nitrogens with one attached hydrogen (secondary N) is 1. The SMILES string of the molecule is CN1C(=O)[C@@H](NC(=O)OC(C)(C)C)CC(=O)c2ccccc21. The zero-order valence-corrected chi connectivity index (χ0v) is 13.2. The van der Waals surface area contributed by atoms with Crippen molar-refractivity contribution in [2.75, 3.05) is 11.9 Å². The molecule has 0 unspecified atom stereocenters. The topological polar surface area (TPSA) is 75.7 Å². The summed E-state index contributed by atoms with van der Waals surface area (Å²) in [6.07, 6.45) is -0.794. The molecular weight excluding hydrogens is 284 g/mol. The number of nitrogens with zero attached hydrogens (tertiary/aromatic N) is 1. The molecular formula is C16H20N2O4. The number of para-hydroxylation sites is 1. The van der Waals surface area contributed by atoms with E-state index in [9.17, 15) is 14.4 Å². The molecule has 1 N–H and O–H groups in total. The maximum atomic E-state index is 12.5. The van der Waals surface area contributed by atoms with Gasteiger partial charge in [0, 0.05) is 19.0 Å². The van der Waals surface area contributed by atoms with Crippen LogP contribution in [0.2, 0.25) is 0 Å². The van der Waals surface area contributed by atoms with Crippen molar-refractivity contribution < 1.29 is 19.1 Å². The molecule has 6 nitrogen and oxygen atoms in total. The van der Waals surface area contributed by atoms with E-state index in [2.05, 4.69) is 5.32 Å². The van der Waals surface area contributed by atoms with E-state index in [-0.39, 0.29) is 18.1 Å². The minimum Gasteiger partial charge on any atom is -0.444 e. The van der Waals surface area contributed by atoms with Crippen LogP contribution in [0.5, 0.6) is 0 Å². The lowest BCUT2D eigenvalue weighted by molar-refractivity contribution is -0.120. The Kier molecular flexibility index (Phi) is 4.21. The average Bonchev–Trinajstić information content (AvgIpc) is 2.49. The van der Waals surface area contributed by atoms with Crippen LogP contribution in [0, 0.1) is 0 Å². The molecule has 6 heteroatoms. The zero-order chi connectivity index (χ0) is 16.5. The molecule has 0 aliphatic carbocycles. The minimum atomic E-state index is -0.931. The first kappa shape index (κ1) is 16.0. The Labute approximate surface area is 129 Å². The van der Waals surface area contributed by atoms with Crippen molar-refractivity contribution in [3.63, 3.8) is 0 Å². The first-order chi connectivity index (χ1) is 10.2. The third kappa shape index (κ3) is 3.44. The van der Waals surface area contributed by atoms with Crippen LogP contribution in [-0.4, -0.2) is 36.5 Å². The van der Waals surface area contributed by atoms with Gasteiger partial charge in [-0.15, -0.1) is 0 Å². The first-order valence-electron chi connectivity index (χ1n) is 7.08. The number of benzene rings is 1. The second-order valence-electron chi connectivity index (χ2n) is 6.24. The summed E-state index contributed by atoms with van der Waals surface area (Å²) in [5.41, 5.74) is 0.356.